The van der Waals surface area contributed by atoms with Gasteiger partial charge < -0.3 is 5.11 Å². The molecule has 0 aliphatic carbocycles. The molecule has 0 aliphatic rings. The van der Waals surface area contributed by atoms with Crippen LogP contribution in [0, 0.1) is 18.8 Å². The summed E-state index contributed by atoms with van der Waals surface area (Å²) in [6, 6.07) is 8.07. The van der Waals surface area contributed by atoms with Crippen LogP contribution in [0.25, 0.3) is 0 Å². The van der Waals surface area contributed by atoms with Crippen molar-refractivity contribution >= 4 is 0 Å². The summed E-state index contributed by atoms with van der Waals surface area (Å²) in [5.74, 6) is 6.05. The highest BCUT2D eigenvalue weighted by atomic mass is 16.3. The molecule has 0 amide bonds. The summed E-state index contributed by atoms with van der Waals surface area (Å²) in [7, 11) is 0. The molecular weight excluding hydrogens is 220 g/mol. The molecule has 1 N–H and O–H groups in total. The van der Waals surface area contributed by atoms with Gasteiger partial charge in [0, 0.05) is 5.56 Å². The van der Waals surface area contributed by atoms with E-state index in [0.29, 0.717) is 0 Å². The third-order valence-corrected chi connectivity index (χ3v) is 3.01. The summed E-state index contributed by atoms with van der Waals surface area (Å²) in [5, 5.41) is 10.2. The minimum atomic E-state index is -0.864. The highest BCUT2D eigenvalue weighted by Crippen LogP contribution is 2.14. The predicted octanol–water partition coefficient (Wildman–Crippen LogP) is 4.07. The van der Waals surface area contributed by atoms with E-state index in [1.54, 1.807) is 0 Å². The fourth-order valence-electron chi connectivity index (χ4n) is 1.89. The number of aliphatic hydroxyl groups is 1. The number of hydrogen-bond donors (Lipinski definition) is 1. The molecule has 98 valence electrons. The first-order chi connectivity index (χ1) is 8.53. The molecule has 1 aromatic rings. The van der Waals surface area contributed by atoms with Gasteiger partial charge in [-0.05, 0) is 44.4 Å². The van der Waals surface area contributed by atoms with Crippen LogP contribution >= 0.6 is 0 Å². The van der Waals surface area contributed by atoms with Gasteiger partial charge in [0.25, 0.3) is 0 Å². The Morgan fingerprint density at radius 3 is 2.67 bits per heavy atom. The van der Waals surface area contributed by atoms with Crippen molar-refractivity contribution in [3.05, 3.63) is 35.4 Å². The lowest BCUT2D eigenvalue weighted by molar-refractivity contribution is 0.109. The Bertz CT molecular complexity index is 421. The van der Waals surface area contributed by atoms with Crippen molar-refractivity contribution in [3.63, 3.8) is 0 Å². The quantitative estimate of drug-likeness (QED) is 0.611. The predicted molar refractivity (Wildman–Crippen MR) is 77.4 cm³/mol. The van der Waals surface area contributed by atoms with Gasteiger partial charge in [-0.1, -0.05) is 50.2 Å². The topological polar surface area (TPSA) is 20.2 Å². The molecule has 1 aromatic carbocycles. The Morgan fingerprint density at radius 1 is 1.22 bits per heavy atom. The second kappa shape index (κ2) is 7.24. The third kappa shape index (κ3) is 5.89. The SMILES string of the molecule is CCCCCCC(C)(O)C#Cc1cccc(C)c1. The van der Waals surface area contributed by atoms with Crippen LogP contribution in [0.15, 0.2) is 24.3 Å². The van der Waals surface area contributed by atoms with Gasteiger partial charge in [0.2, 0.25) is 0 Å². The van der Waals surface area contributed by atoms with Gasteiger partial charge in [0.15, 0.2) is 0 Å². The molecule has 1 nitrogen and oxygen atoms in total. The van der Waals surface area contributed by atoms with Crippen LogP contribution in [0.2, 0.25) is 0 Å². The zero-order chi connectivity index (χ0) is 13.4. The standard InChI is InChI=1S/C17H24O/c1-4-5-6-7-12-17(3,18)13-11-16-10-8-9-15(2)14-16/h8-10,14,18H,4-7,12H2,1-3H3. The first kappa shape index (κ1) is 14.8. The monoisotopic (exact) mass is 244 g/mol. The lowest BCUT2D eigenvalue weighted by Gasteiger charge is -2.15. The average Bonchev–Trinajstić information content (AvgIpc) is 2.33. The van der Waals surface area contributed by atoms with E-state index in [0.717, 1.165) is 18.4 Å². The number of aryl methyl sites for hydroxylation is 1. The van der Waals surface area contributed by atoms with Crippen molar-refractivity contribution in [2.75, 3.05) is 0 Å². The largest absolute Gasteiger partial charge is 0.378 e. The van der Waals surface area contributed by atoms with E-state index in [1.807, 2.05) is 38.1 Å². The lowest BCUT2D eigenvalue weighted by atomic mass is 9.98. The third-order valence-electron chi connectivity index (χ3n) is 3.01. The molecule has 1 heteroatoms. The normalized spacial score (nSPS) is 13.6. The first-order valence-corrected chi connectivity index (χ1v) is 6.86. The van der Waals surface area contributed by atoms with E-state index in [-0.39, 0.29) is 0 Å². The second-order valence-electron chi connectivity index (χ2n) is 5.20. The Kier molecular flexibility index (Phi) is 5.95. The molecule has 0 heterocycles. The summed E-state index contributed by atoms with van der Waals surface area (Å²) in [5.41, 5.74) is 1.31. The maximum Gasteiger partial charge on any atom is 0.123 e. The van der Waals surface area contributed by atoms with E-state index < -0.39 is 5.60 Å². The molecule has 0 bridgehead atoms. The zero-order valence-electron chi connectivity index (χ0n) is 11.8. The van der Waals surface area contributed by atoms with Gasteiger partial charge >= 0.3 is 0 Å². The molecule has 1 unspecified atom stereocenters. The summed E-state index contributed by atoms with van der Waals surface area (Å²) in [4.78, 5) is 0. The molecule has 0 aromatic heterocycles. The molecule has 0 saturated carbocycles. The second-order valence-corrected chi connectivity index (χ2v) is 5.20. The van der Waals surface area contributed by atoms with Crippen molar-refractivity contribution in [1.29, 1.82) is 0 Å². The van der Waals surface area contributed by atoms with E-state index in [4.69, 9.17) is 0 Å². The first-order valence-electron chi connectivity index (χ1n) is 6.86. The molecular formula is C17H24O. The van der Waals surface area contributed by atoms with E-state index in [2.05, 4.69) is 18.8 Å². The fraction of sp³-hybridized carbons (Fsp3) is 0.529. The zero-order valence-corrected chi connectivity index (χ0v) is 11.8. The van der Waals surface area contributed by atoms with Crippen molar-refractivity contribution in [3.8, 4) is 11.8 Å². The molecule has 1 atom stereocenters. The van der Waals surface area contributed by atoms with Crippen LogP contribution in [-0.2, 0) is 0 Å². The molecule has 1 rings (SSSR count). The molecule has 18 heavy (non-hydrogen) atoms. The fourth-order valence-corrected chi connectivity index (χ4v) is 1.89. The van der Waals surface area contributed by atoms with Crippen molar-refractivity contribution in [2.45, 2.75) is 58.5 Å². The minimum absolute atomic E-state index is 0.756. The van der Waals surface area contributed by atoms with Crippen molar-refractivity contribution < 1.29 is 5.11 Å². The Labute approximate surface area is 111 Å². The molecule has 0 radical (unpaired) electrons. The van der Waals surface area contributed by atoms with Crippen LogP contribution in [0.3, 0.4) is 0 Å². The van der Waals surface area contributed by atoms with Gasteiger partial charge in [-0.3, -0.25) is 0 Å². The van der Waals surface area contributed by atoms with Crippen molar-refractivity contribution in [2.24, 2.45) is 0 Å². The minimum Gasteiger partial charge on any atom is -0.378 e. The number of hydrogen-bond acceptors (Lipinski definition) is 1. The van der Waals surface area contributed by atoms with E-state index >= 15 is 0 Å². The molecule has 0 spiro atoms. The van der Waals surface area contributed by atoms with Gasteiger partial charge in [-0.2, -0.15) is 0 Å². The molecule has 0 saturated heterocycles. The Balaban J connectivity index is 2.54. The van der Waals surface area contributed by atoms with Crippen LogP contribution in [-0.4, -0.2) is 10.7 Å². The van der Waals surface area contributed by atoms with Crippen LogP contribution in [0.4, 0.5) is 0 Å². The highest BCUT2D eigenvalue weighted by Gasteiger charge is 2.15. The smallest absolute Gasteiger partial charge is 0.123 e. The van der Waals surface area contributed by atoms with Gasteiger partial charge in [-0.25, -0.2) is 0 Å². The van der Waals surface area contributed by atoms with Crippen molar-refractivity contribution in [1.82, 2.24) is 0 Å². The number of rotatable bonds is 5. The summed E-state index contributed by atoms with van der Waals surface area (Å²) in [6.45, 7) is 6.05. The average molecular weight is 244 g/mol. The summed E-state index contributed by atoms with van der Waals surface area (Å²) >= 11 is 0. The maximum atomic E-state index is 10.2. The maximum absolute atomic E-state index is 10.2. The lowest BCUT2D eigenvalue weighted by Crippen LogP contribution is -2.21. The van der Waals surface area contributed by atoms with Crippen LogP contribution < -0.4 is 0 Å². The Hall–Kier alpha value is -1.26. The van der Waals surface area contributed by atoms with Gasteiger partial charge in [0.1, 0.15) is 5.60 Å². The van der Waals surface area contributed by atoms with Crippen LogP contribution in [0.5, 0.6) is 0 Å². The number of unbranched alkanes of at least 4 members (excludes halogenated alkanes) is 3. The highest BCUT2D eigenvalue weighted by molar-refractivity contribution is 5.38. The summed E-state index contributed by atoms with van der Waals surface area (Å²) < 4.78 is 0. The molecule has 0 fully saturated rings. The van der Waals surface area contributed by atoms with E-state index in [9.17, 15) is 5.11 Å². The number of benzene rings is 1. The van der Waals surface area contributed by atoms with Gasteiger partial charge in [-0.15, -0.1) is 0 Å². The van der Waals surface area contributed by atoms with Crippen LogP contribution in [0.1, 0.15) is 57.1 Å². The Morgan fingerprint density at radius 2 is 2.00 bits per heavy atom. The summed E-state index contributed by atoms with van der Waals surface area (Å²) in [6.07, 6.45) is 5.44. The van der Waals surface area contributed by atoms with Gasteiger partial charge in [0.05, 0.1) is 0 Å². The van der Waals surface area contributed by atoms with E-state index in [1.165, 1.54) is 24.8 Å². The molecule has 0 aliphatic heterocycles.